The van der Waals surface area contributed by atoms with Gasteiger partial charge in [0.1, 0.15) is 0 Å². The van der Waals surface area contributed by atoms with Crippen LogP contribution < -0.4 is 0 Å². The number of aromatic carboxylic acids is 1. The van der Waals surface area contributed by atoms with Crippen LogP contribution in [0.1, 0.15) is 35.2 Å². The van der Waals surface area contributed by atoms with Crippen LogP contribution >= 0.6 is 0 Å². The number of piperidine rings is 1. The minimum Gasteiger partial charge on any atom is -0.478 e. The van der Waals surface area contributed by atoms with E-state index in [4.69, 9.17) is 0 Å². The second-order valence-corrected chi connectivity index (χ2v) is 5.79. The number of likely N-dealkylation sites (tertiary alicyclic amines) is 1. The Morgan fingerprint density at radius 1 is 1.40 bits per heavy atom. The summed E-state index contributed by atoms with van der Waals surface area (Å²) < 4.78 is 0. The first-order chi connectivity index (χ1) is 9.58. The lowest BCUT2D eigenvalue weighted by Crippen LogP contribution is -2.43. The first kappa shape index (κ1) is 15.0. The minimum absolute atomic E-state index is 0.413. The second-order valence-electron chi connectivity index (χ2n) is 5.79. The Kier molecular flexibility index (Phi) is 5.15. The molecule has 2 rings (SSSR count). The molecule has 1 aliphatic rings. The fourth-order valence-electron chi connectivity index (χ4n) is 2.96. The third-order valence-electron chi connectivity index (χ3n) is 4.13. The number of nitrogens with zero attached hydrogens (tertiary/aromatic N) is 2. The third kappa shape index (κ3) is 3.81. The molecule has 1 unspecified atom stereocenters. The first-order valence-corrected chi connectivity index (χ1v) is 7.28. The number of likely N-dealkylation sites (N-methyl/N-ethyl adjacent to an activating group) is 2. The van der Waals surface area contributed by atoms with E-state index in [9.17, 15) is 9.90 Å². The van der Waals surface area contributed by atoms with Crippen LogP contribution in [0, 0.1) is 0 Å². The molecule has 1 heterocycles. The number of benzene rings is 1. The molecule has 0 aromatic heterocycles. The van der Waals surface area contributed by atoms with Gasteiger partial charge in [0.25, 0.3) is 0 Å². The molecule has 1 atom stereocenters. The van der Waals surface area contributed by atoms with E-state index in [1.807, 2.05) is 12.1 Å². The van der Waals surface area contributed by atoms with Crippen LogP contribution in [0.4, 0.5) is 0 Å². The summed E-state index contributed by atoms with van der Waals surface area (Å²) >= 11 is 0. The van der Waals surface area contributed by atoms with E-state index in [1.54, 1.807) is 12.1 Å². The Morgan fingerprint density at radius 3 is 2.85 bits per heavy atom. The Bertz CT molecular complexity index is 462. The van der Waals surface area contributed by atoms with Crippen molar-refractivity contribution in [3.05, 3.63) is 35.4 Å². The average Bonchev–Trinajstić information content (AvgIpc) is 2.41. The highest BCUT2D eigenvalue weighted by atomic mass is 16.4. The predicted octanol–water partition coefficient (Wildman–Crippen LogP) is 2.30. The lowest BCUT2D eigenvalue weighted by Gasteiger charge is -2.35. The molecular weight excluding hydrogens is 252 g/mol. The van der Waals surface area contributed by atoms with Gasteiger partial charge in [-0.25, -0.2) is 4.79 Å². The summed E-state index contributed by atoms with van der Waals surface area (Å²) in [5.41, 5.74) is 1.30. The van der Waals surface area contributed by atoms with E-state index >= 15 is 0 Å². The van der Waals surface area contributed by atoms with Gasteiger partial charge in [-0.1, -0.05) is 24.6 Å². The molecule has 0 amide bonds. The quantitative estimate of drug-likeness (QED) is 0.896. The summed E-state index contributed by atoms with van der Waals surface area (Å²) in [5, 5.41) is 9.22. The van der Waals surface area contributed by atoms with Gasteiger partial charge in [-0.05, 0) is 45.1 Å². The van der Waals surface area contributed by atoms with Gasteiger partial charge in [0.2, 0.25) is 0 Å². The van der Waals surface area contributed by atoms with Crippen molar-refractivity contribution < 1.29 is 9.90 Å². The van der Waals surface area contributed by atoms with Crippen LogP contribution in [0.3, 0.4) is 0 Å². The van der Waals surface area contributed by atoms with Gasteiger partial charge in [-0.15, -0.1) is 0 Å². The van der Waals surface area contributed by atoms with Gasteiger partial charge in [0.15, 0.2) is 0 Å². The number of hydrogen-bond donors (Lipinski definition) is 1. The molecule has 1 aromatic rings. The maximum atomic E-state index is 11.2. The smallest absolute Gasteiger partial charge is 0.336 e. The monoisotopic (exact) mass is 276 g/mol. The fraction of sp³-hybridized carbons (Fsp3) is 0.562. The van der Waals surface area contributed by atoms with Crippen molar-refractivity contribution >= 4 is 5.97 Å². The lowest BCUT2D eigenvalue weighted by atomic mass is 10.0. The average molecular weight is 276 g/mol. The summed E-state index contributed by atoms with van der Waals surface area (Å²) in [6, 6.07) is 7.86. The van der Waals surface area contributed by atoms with Crippen LogP contribution in [0.25, 0.3) is 0 Å². The summed E-state index contributed by atoms with van der Waals surface area (Å²) in [6.45, 7) is 2.85. The number of rotatable bonds is 5. The molecular formula is C16H24N2O2. The van der Waals surface area contributed by atoms with E-state index < -0.39 is 5.97 Å². The fourth-order valence-corrected chi connectivity index (χ4v) is 2.96. The van der Waals surface area contributed by atoms with E-state index in [0.717, 1.165) is 12.1 Å². The van der Waals surface area contributed by atoms with Gasteiger partial charge in [0.05, 0.1) is 5.56 Å². The molecule has 1 N–H and O–H groups in total. The molecule has 0 aliphatic carbocycles. The molecule has 0 bridgehead atoms. The van der Waals surface area contributed by atoms with Gasteiger partial charge in [-0.3, -0.25) is 0 Å². The lowest BCUT2D eigenvalue weighted by molar-refractivity contribution is 0.0694. The van der Waals surface area contributed by atoms with Crippen LogP contribution in [0.5, 0.6) is 0 Å². The molecule has 1 fully saturated rings. The van der Waals surface area contributed by atoms with E-state index in [0.29, 0.717) is 18.2 Å². The largest absolute Gasteiger partial charge is 0.478 e. The zero-order chi connectivity index (χ0) is 14.5. The summed E-state index contributed by atoms with van der Waals surface area (Å²) in [6.07, 6.45) is 3.83. The maximum absolute atomic E-state index is 11.2. The molecule has 4 heteroatoms. The number of carboxylic acids is 1. The standard InChI is InChI=1S/C16H24N2O2/c1-17(12-14-8-5-6-10-18(14)2)11-13-7-3-4-9-15(13)16(19)20/h3-4,7,9,14H,5-6,8,10-12H2,1-2H3,(H,19,20). The van der Waals surface area contributed by atoms with Crippen molar-refractivity contribution in [1.82, 2.24) is 9.80 Å². The van der Waals surface area contributed by atoms with Gasteiger partial charge < -0.3 is 14.9 Å². The molecule has 20 heavy (non-hydrogen) atoms. The normalized spacial score (nSPS) is 20.2. The molecule has 1 aromatic carbocycles. The van der Waals surface area contributed by atoms with Crippen molar-refractivity contribution in [2.24, 2.45) is 0 Å². The van der Waals surface area contributed by atoms with Crippen LogP contribution in [0.2, 0.25) is 0 Å². The minimum atomic E-state index is -0.844. The highest BCUT2D eigenvalue weighted by molar-refractivity contribution is 5.89. The Hall–Kier alpha value is -1.39. The number of carbonyl (C=O) groups is 1. The topological polar surface area (TPSA) is 43.8 Å². The van der Waals surface area contributed by atoms with Crippen molar-refractivity contribution in [2.75, 3.05) is 27.2 Å². The summed E-state index contributed by atoms with van der Waals surface area (Å²) in [7, 11) is 4.25. The SMILES string of the molecule is CN(Cc1ccccc1C(=O)O)CC1CCCCN1C. The van der Waals surface area contributed by atoms with Gasteiger partial charge in [0, 0.05) is 19.1 Å². The van der Waals surface area contributed by atoms with Crippen LogP contribution in [-0.2, 0) is 6.54 Å². The highest BCUT2D eigenvalue weighted by Gasteiger charge is 2.20. The maximum Gasteiger partial charge on any atom is 0.336 e. The Morgan fingerprint density at radius 2 is 2.15 bits per heavy atom. The van der Waals surface area contributed by atoms with Crippen molar-refractivity contribution in [3.8, 4) is 0 Å². The van der Waals surface area contributed by atoms with Crippen LogP contribution in [-0.4, -0.2) is 54.1 Å². The van der Waals surface area contributed by atoms with E-state index in [2.05, 4.69) is 23.9 Å². The van der Waals surface area contributed by atoms with Gasteiger partial charge in [-0.2, -0.15) is 0 Å². The first-order valence-electron chi connectivity index (χ1n) is 7.28. The molecule has 1 saturated heterocycles. The Balaban J connectivity index is 1.97. The Labute approximate surface area is 121 Å². The molecule has 4 nitrogen and oxygen atoms in total. The van der Waals surface area contributed by atoms with Gasteiger partial charge >= 0.3 is 5.97 Å². The van der Waals surface area contributed by atoms with Crippen LogP contribution in [0.15, 0.2) is 24.3 Å². The predicted molar refractivity (Wildman–Crippen MR) is 80.0 cm³/mol. The molecule has 0 saturated carbocycles. The number of hydrogen-bond acceptors (Lipinski definition) is 3. The van der Waals surface area contributed by atoms with E-state index in [1.165, 1.54) is 25.8 Å². The molecule has 110 valence electrons. The summed E-state index contributed by atoms with van der Waals surface area (Å²) in [4.78, 5) is 15.9. The van der Waals surface area contributed by atoms with Crippen molar-refractivity contribution in [3.63, 3.8) is 0 Å². The molecule has 0 spiro atoms. The molecule has 0 radical (unpaired) electrons. The van der Waals surface area contributed by atoms with E-state index in [-0.39, 0.29) is 0 Å². The van der Waals surface area contributed by atoms with Crippen molar-refractivity contribution in [2.45, 2.75) is 31.8 Å². The molecule has 1 aliphatic heterocycles. The second kappa shape index (κ2) is 6.86. The highest BCUT2D eigenvalue weighted by Crippen LogP contribution is 2.17. The van der Waals surface area contributed by atoms with Crippen molar-refractivity contribution in [1.29, 1.82) is 0 Å². The summed E-state index contributed by atoms with van der Waals surface area (Å²) in [5.74, 6) is -0.844. The number of carboxylic acid groups (broad SMARTS) is 1. The zero-order valence-electron chi connectivity index (χ0n) is 12.4. The zero-order valence-corrected chi connectivity index (χ0v) is 12.4. The third-order valence-corrected chi connectivity index (χ3v) is 4.13.